The Balaban J connectivity index is 1.62. The van der Waals surface area contributed by atoms with E-state index in [0.29, 0.717) is 30.2 Å². The summed E-state index contributed by atoms with van der Waals surface area (Å²) in [4.78, 5) is 49.1. The van der Waals surface area contributed by atoms with Crippen LogP contribution in [0.15, 0.2) is 75.2 Å². The van der Waals surface area contributed by atoms with Gasteiger partial charge in [-0.25, -0.2) is 9.69 Å². The number of barbiturate groups is 1. The van der Waals surface area contributed by atoms with Gasteiger partial charge in [0.25, 0.3) is 17.5 Å². The number of benzene rings is 3. The molecule has 1 saturated heterocycles. The van der Waals surface area contributed by atoms with Crippen molar-refractivity contribution in [1.29, 1.82) is 0 Å². The number of carbonyl (C=O) groups excluding carboxylic acids is 3. The molecule has 36 heavy (non-hydrogen) atoms. The van der Waals surface area contributed by atoms with Crippen molar-refractivity contribution >= 4 is 78.8 Å². The van der Waals surface area contributed by atoms with E-state index in [2.05, 4.69) is 37.2 Å². The molecule has 1 aliphatic rings. The summed E-state index contributed by atoms with van der Waals surface area (Å²) in [6.45, 7) is 0.249. The van der Waals surface area contributed by atoms with Crippen molar-refractivity contribution in [1.82, 2.24) is 5.32 Å². The first kappa shape index (κ1) is 25.5. The van der Waals surface area contributed by atoms with E-state index in [4.69, 9.17) is 16.3 Å². The second kappa shape index (κ2) is 10.6. The van der Waals surface area contributed by atoms with Crippen LogP contribution in [0.25, 0.3) is 6.08 Å². The number of carbonyl (C=O) groups is 3. The van der Waals surface area contributed by atoms with Crippen LogP contribution in [0, 0.1) is 10.1 Å². The minimum Gasteiger partial charge on any atom is -0.487 e. The zero-order valence-corrected chi connectivity index (χ0v) is 22.0. The van der Waals surface area contributed by atoms with Gasteiger partial charge in [-0.15, -0.1) is 0 Å². The standard InChI is InChI=1S/C24H14Br2ClN3O6/c25-19-9-14(10-20(26)21(19)36-12-13-3-1-4-15(27)7-13)8-18-22(31)28-24(33)29(23(18)32)16-5-2-6-17(11-16)30(34)35/h1-11H,12H2,(H,28,31,33)/b18-8+. The summed E-state index contributed by atoms with van der Waals surface area (Å²) in [5, 5.41) is 13.8. The minimum absolute atomic E-state index is 0.0442. The summed E-state index contributed by atoms with van der Waals surface area (Å²) >= 11 is 12.9. The Kier molecular flexibility index (Phi) is 7.53. The van der Waals surface area contributed by atoms with E-state index in [0.717, 1.165) is 11.6 Å². The van der Waals surface area contributed by atoms with Crippen LogP contribution in [0.4, 0.5) is 16.2 Å². The maximum Gasteiger partial charge on any atom is 0.335 e. The first-order valence-corrected chi connectivity index (χ1v) is 12.1. The fourth-order valence-corrected chi connectivity index (χ4v) is 5.05. The van der Waals surface area contributed by atoms with Gasteiger partial charge >= 0.3 is 6.03 Å². The molecule has 1 N–H and O–H groups in total. The number of hydrogen-bond acceptors (Lipinski definition) is 6. The molecule has 1 aliphatic heterocycles. The van der Waals surface area contributed by atoms with Crippen molar-refractivity contribution in [2.45, 2.75) is 6.61 Å². The topological polar surface area (TPSA) is 119 Å². The van der Waals surface area contributed by atoms with Gasteiger partial charge in [0.15, 0.2) is 0 Å². The van der Waals surface area contributed by atoms with Crippen molar-refractivity contribution in [3.8, 4) is 5.75 Å². The Morgan fingerprint density at radius 2 is 1.72 bits per heavy atom. The number of amides is 4. The Labute approximate surface area is 226 Å². The van der Waals surface area contributed by atoms with Gasteiger partial charge < -0.3 is 4.74 Å². The summed E-state index contributed by atoms with van der Waals surface area (Å²) in [6, 6.07) is 14.5. The van der Waals surface area contributed by atoms with Crippen LogP contribution in [-0.4, -0.2) is 22.8 Å². The molecule has 0 bridgehead atoms. The Hall–Kier alpha value is -3.54. The van der Waals surface area contributed by atoms with Gasteiger partial charge in [0.05, 0.1) is 19.6 Å². The molecule has 0 unspecified atom stereocenters. The Morgan fingerprint density at radius 3 is 2.39 bits per heavy atom. The fourth-order valence-electron chi connectivity index (χ4n) is 3.39. The lowest BCUT2D eigenvalue weighted by atomic mass is 10.1. The van der Waals surface area contributed by atoms with Crippen LogP contribution in [-0.2, 0) is 16.2 Å². The molecule has 0 aromatic heterocycles. The molecule has 4 amide bonds. The summed E-state index contributed by atoms with van der Waals surface area (Å²) < 4.78 is 6.97. The molecule has 12 heteroatoms. The fraction of sp³-hybridized carbons (Fsp3) is 0.0417. The first-order valence-electron chi connectivity index (χ1n) is 10.2. The zero-order valence-electron chi connectivity index (χ0n) is 18.0. The zero-order chi connectivity index (χ0) is 26.0. The Morgan fingerprint density at radius 1 is 1.03 bits per heavy atom. The first-order chi connectivity index (χ1) is 17.1. The molecule has 3 aromatic carbocycles. The largest absolute Gasteiger partial charge is 0.487 e. The molecule has 0 radical (unpaired) electrons. The van der Waals surface area contributed by atoms with Gasteiger partial charge in [-0.2, -0.15) is 0 Å². The van der Waals surface area contributed by atoms with Crippen LogP contribution in [0.1, 0.15) is 11.1 Å². The lowest BCUT2D eigenvalue weighted by molar-refractivity contribution is -0.384. The summed E-state index contributed by atoms with van der Waals surface area (Å²) in [7, 11) is 0. The number of nitro benzene ring substituents is 1. The third kappa shape index (κ3) is 5.48. The predicted octanol–water partition coefficient (Wildman–Crippen LogP) is 6.02. The van der Waals surface area contributed by atoms with Gasteiger partial charge in [0.2, 0.25) is 0 Å². The monoisotopic (exact) mass is 633 g/mol. The van der Waals surface area contributed by atoms with E-state index >= 15 is 0 Å². The number of rotatable bonds is 6. The molecule has 3 aromatic rings. The lowest BCUT2D eigenvalue weighted by Crippen LogP contribution is -2.54. The van der Waals surface area contributed by atoms with Crippen molar-refractivity contribution in [3.05, 3.63) is 101 Å². The maximum absolute atomic E-state index is 13.1. The molecule has 0 atom stereocenters. The minimum atomic E-state index is -1.00. The summed E-state index contributed by atoms with van der Waals surface area (Å²) in [5.41, 5.74) is 0.639. The van der Waals surface area contributed by atoms with Gasteiger partial charge in [-0.05, 0) is 79.4 Å². The highest BCUT2D eigenvalue weighted by Crippen LogP contribution is 2.36. The number of nitrogens with one attached hydrogen (secondary N) is 1. The number of imide groups is 2. The second-order valence-electron chi connectivity index (χ2n) is 7.47. The normalized spacial score (nSPS) is 14.7. The number of anilines is 1. The average Bonchev–Trinajstić information content (AvgIpc) is 2.81. The number of non-ortho nitro benzene ring substituents is 1. The molecule has 0 saturated carbocycles. The molecule has 1 fully saturated rings. The highest BCUT2D eigenvalue weighted by Gasteiger charge is 2.37. The smallest absolute Gasteiger partial charge is 0.335 e. The number of nitro groups is 1. The summed E-state index contributed by atoms with van der Waals surface area (Å²) in [6.07, 6.45) is 1.31. The highest BCUT2D eigenvalue weighted by atomic mass is 79.9. The van der Waals surface area contributed by atoms with Crippen LogP contribution in [0.3, 0.4) is 0 Å². The van der Waals surface area contributed by atoms with E-state index < -0.39 is 22.8 Å². The van der Waals surface area contributed by atoms with E-state index in [1.807, 2.05) is 12.1 Å². The number of halogens is 3. The lowest BCUT2D eigenvalue weighted by Gasteiger charge is -2.26. The molecule has 9 nitrogen and oxygen atoms in total. The third-order valence-corrected chi connectivity index (χ3v) is 6.42. The van der Waals surface area contributed by atoms with Gasteiger partial charge in [0, 0.05) is 17.2 Å². The van der Waals surface area contributed by atoms with E-state index in [1.165, 1.54) is 24.3 Å². The number of urea groups is 1. The SMILES string of the molecule is O=C1NC(=O)N(c2cccc([N+](=O)[O-])c2)C(=O)/C1=C/c1cc(Br)c(OCc2cccc(Cl)c2)c(Br)c1. The molecule has 0 spiro atoms. The molecular formula is C24H14Br2ClN3O6. The predicted molar refractivity (Wildman–Crippen MR) is 140 cm³/mol. The molecule has 1 heterocycles. The number of ether oxygens (including phenoxy) is 1. The van der Waals surface area contributed by atoms with Crippen LogP contribution >= 0.6 is 43.5 Å². The van der Waals surface area contributed by atoms with Crippen molar-refractivity contribution in [3.63, 3.8) is 0 Å². The van der Waals surface area contributed by atoms with Crippen LogP contribution in [0.2, 0.25) is 5.02 Å². The van der Waals surface area contributed by atoms with Crippen molar-refractivity contribution < 1.29 is 24.0 Å². The van der Waals surface area contributed by atoms with Gasteiger partial charge in [-0.3, -0.25) is 25.0 Å². The molecule has 182 valence electrons. The molecular weight excluding hydrogens is 622 g/mol. The van der Waals surface area contributed by atoms with Crippen molar-refractivity contribution in [2.24, 2.45) is 0 Å². The molecule has 0 aliphatic carbocycles. The maximum atomic E-state index is 13.1. The van der Waals surface area contributed by atoms with Crippen LogP contribution in [0.5, 0.6) is 5.75 Å². The van der Waals surface area contributed by atoms with E-state index in [1.54, 1.807) is 24.3 Å². The van der Waals surface area contributed by atoms with Gasteiger partial charge in [-0.1, -0.05) is 29.8 Å². The molecule has 4 rings (SSSR count). The Bertz CT molecular complexity index is 1440. The highest BCUT2D eigenvalue weighted by molar-refractivity contribution is 9.11. The summed E-state index contributed by atoms with van der Waals surface area (Å²) in [5.74, 6) is -1.32. The van der Waals surface area contributed by atoms with Crippen molar-refractivity contribution in [2.75, 3.05) is 4.90 Å². The van der Waals surface area contributed by atoms with E-state index in [-0.39, 0.29) is 23.6 Å². The van der Waals surface area contributed by atoms with Crippen LogP contribution < -0.4 is 15.0 Å². The quantitative estimate of drug-likeness (QED) is 0.153. The van der Waals surface area contributed by atoms with E-state index in [9.17, 15) is 24.5 Å². The number of hydrogen-bond donors (Lipinski definition) is 1. The number of nitrogens with zero attached hydrogens (tertiary/aromatic N) is 2. The van der Waals surface area contributed by atoms with Gasteiger partial charge in [0.1, 0.15) is 17.9 Å². The average molecular weight is 636 g/mol. The second-order valence-corrected chi connectivity index (χ2v) is 9.61. The third-order valence-electron chi connectivity index (χ3n) is 5.00.